The van der Waals surface area contributed by atoms with E-state index in [9.17, 15) is 9.18 Å². The van der Waals surface area contributed by atoms with Crippen molar-refractivity contribution in [1.29, 1.82) is 0 Å². The Morgan fingerprint density at radius 2 is 2.09 bits per heavy atom. The lowest BCUT2D eigenvalue weighted by molar-refractivity contribution is -0.125. The van der Waals surface area contributed by atoms with Crippen LogP contribution in [-0.2, 0) is 11.3 Å². The van der Waals surface area contributed by atoms with Crippen molar-refractivity contribution in [2.24, 2.45) is 0 Å². The second-order valence-corrected chi connectivity index (χ2v) is 5.82. The molecule has 0 saturated heterocycles. The summed E-state index contributed by atoms with van der Waals surface area (Å²) in [6, 6.07) is 6.32. The Kier molecular flexibility index (Phi) is 5.15. The largest absolute Gasteiger partial charge is 0.358 e. The maximum Gasteiger partial charge on any atom is 0.236 e. The molecular formula is C17H23FN4O. The lowest BCUT2D eigenvalue weighted by Crippen LogP contribution is -2.41. The van der Waals surface area contributed by atoms with Gasteiger partial charge in [-0.25, -0.2) is 9.07 Å². The fraction of sp³-hybridized carbons (Fsp3) is 0.412. The standard InChI is InChI=1S/C17H23FN4O/c1-11-8-12(2)22(20-11)16-7-6-15(18)9-14(16)10-21(5)13(3)17(23)19-4/h6-9,13H,10H2,1-5H3,(H,19,23)/t13-/m1/s1. The number of nitrogens with zero attached hydrogens (tertiary/aromatic N) is 3. The number of halogens is 1. The number of aryl methyl sites for hydroxylation is 2. The molecule has 0 saturated carbocycles. The van der Waals surface area contributed by atoms with Gasteiger partial charge in [-0.15, -0.1) is 0 Å². The number of likely N-dealkylation sites (N-methyl/N-ethyl adjacent to an activating group) is 2. The van der Waals surface area contributed by atoms with Gasteiger partial charge in [0.05, 0.1) is 17.4 Å². The van der Waals surface area contributed by atoms with Gasteiger partial charge in [-0.1, -0.05) is 0 Å². The summed E-state index contributed by atoms with van der Waals surface area (Å²) in [6.07, 6.45) is 0. The molecule has 0 spiro atoms. The molecule has 1 heterocycles. The Morgan fingerprint density at radius 3 is 2.65 bits per heavy atom. The van der Waals surface area contributed by atoms with Crippen LogP contribution in [0.5, 0.6) is 0 Å². The predicted molar refractivity (Wildman–Crippen MR) is 88.0 cm³/mol. The molecule has 6 heteroatoms. The summed E-state index contributed by atoms with van der Waals surface area (Å²) in [5, 5.41) is 7.10. The van der Waals surface area contributed by atoms with Crippen LogP contribution in [0.15, 0.2) is 24.3 Å². The maximum atomic E-state index is 13.7. The zero-order chi connectivity index (χ0) is 17.1. The van der Waals surface area contributed by atoms with Crippen LogP contribution in [0.25, 0.3) is 5.69 Å². The first-order valence-corrected chi connectivity index (χ1v) is 7.57. The number of hydrogen-bond acceptors (Lipinski definition) is 3. The quantitative estimate of drug-likeness (QED) is 0.919. The van der Waals surface area contributed by atoms with Crippen LogP contribution in [-0.4, -0.2) is 40.7 Å². The number of nitrogens with one attached hydrogen (secondary N) is 1. The van der Waals surface area contributed by atoms with Gasteiger partial charge in [-0.05, 0) is 57.6 Å². The monoisotopic (exact) mass is 318 g/mol. The van der Waals surface area contributed by atoms with Gasteiger partial charge in [-0.2, -0.15) is 5.10 Å². The SMILES string of the molecule is CNC(=O)[C@@H](C)N(C)Cc1cc(F)ccc1-n1nc(C)cc1C. The third-order valence-corrected chi connectivity index (χ3v) is 3.99. The topological polar surface area (TPSA) is 50.2 Å². The lowest BCUT2D eigenvalue weighted by atomic mass is 10.1. The molecule has 1 atom stereocenters. The van der Waals surface area contributed by atoms with Crippen LogP contribution < -0.4 is 5.32 Å². The van der Waals surface area contributed by atoms with Crippen LogP contribution in [0.3, 0.4) is 0 Å². The van der Waals surface area contributed by atoms with E-state index >= 15 is 0 Å². The fourth-order valence-electron chi connectivity index (χ4n) is 2.57. The molecule has 23 heavy (non-hydrogen) atoms. The predicted octanol–water partition coefficient (Wildman–Crippen LogP) is 2.19. The van der Waals surface area contributed by atoms with E-state index in [-0.39, 0.29) is 17.8 Å². The minimum Gasteiger partial charge on any atom is -0.358 e. The van der Waals surface area contributed by atoms with Crippen molar-refractivity contribution >= 4 is 5.91 Å². The van der Waals surface area contributed by atoms with Gasteiger partial charge in [-0.3, -0.25) is 9.69 Å². The van der Waals surface area contributed by atoms with Crippen molar-refractivity contribution in [2.75, 3.05) is 14.1 Å². The first-order valence-electron chi connectivity index (χ1n) is 7.57. The molecule has 0 unspecified atom stereocenters. The Morgan fingerprint density at radius 1 is 1.39 bits per heavy atom. The number of hydrogen-bond donors (Lipinski definition) is 1. The van der Waals surface area contributed by atoms with E-state index in [0.29, 0.717) is 6.54 Å². The number of aromatic nitrogens is 2. The number of carbonyl (C=O) groups is 1. The summed E-state index contributed by atoms with van der Waals surface area (Å²) < 4.78 is 15.5. The highest BCUT2D eigenvalue weighted by Gasteiger charge is 2.19. The molecule has 1 aromatic carbocycles. The molecule has 2 aromatic rings. The van der Waals surface area contributed by atoms with Gasteiger partial charge >= 0.3 is 0 Å². The van der Waals surface area contributed by atoms with E-state index in [1.807, 2.05) is 43.5 Å². The Labute approximate surface area is 136 Å². The normalized spacial score (nSPS) is 12.5. The van der Waals surface area contributed by atoms with Crippen molar-refractivity contribution in [3.05, 3.63) is 47.0 Å². The smallest absolute Gasteiger partial charge is 0.236 e. The Bertz CT molecular complexity index is 711. The van der Waals surface area contributed by atoms with Gasteiger partial charge in [0.1, 0.15) is 5.82 Å². The number of carbonyl (C=O) groups excluding carboxylic acids is 1. The highest BCUT2D eigenvalue weighted by molar-refractivity contribution is 5.80. The van der Waals surface area contributed by atoms with Gasteiger partial charge in [0.25, 0.3) is 0 Å². The fourth-order valence-corrected chi connectivity index (χ4v) is 2.57. The van der Waals surface area contributed by atoms with Gasteiger partial charge < -0.3 is 5.32 Å². The summed E-state index contributed by atoms with van der Waals surface area (Å²) in [5.74, 6) is -0.372. The zero-order valence-electron chi connectivity index (χ0n) is 14.2. The molecule has 124 valence electrons. The maximum absolute atomic E-state index is 13.7. The average Bonchev–Trinajstić information content (AvgIpc) is 2.84. The number of rotatable bonds is 5. The average molecular weight is 318 g/mol. The number of amides is 1. The molecule has 0 aliphatic rings. The first-order chi connectivity index (χ1) is 10.8. The van der Waals surface area contributed by atoms with E-state index in [2.05, 4.69) is 10.4 Å². The van der Waals surface area contributed by atoms with Gasteiger partial charge in [0, 0.05) is 19.3 Å². The summed E-state index contributed by atoms with van der Waals surface area (Å²) in [5.41, 5.74) is 3.50. The molecule has 1 aromatic heterocycles. The molecule has 0 bridgehead atoms. The first kappa shape index (κ1) is 17.1. The molecule has 0 aliphatic carbocycles. The summed E-state index contributed by atoms with van der Waals surface area (Å²) >= 11 is 0. The third-order valence-electron chi connectivity index (χ3n) is 3.99. The Hall–Kier alpha value is -2.21. The van der Waals surface area contributed by atoms with E-state index in [1.54, 1.807) is 13.1 Å². The summed E-state index contributed by atoms with van der Waals surface area (Å²) in [7, 11) is 3.45. The van der Waals surface area contributed by atoms with E-state index in [4.69, 9.17) is 0 Å². The van der Waals surface area contributed by atoms with Crippen molar-refractivity contribution in [2.45, 2.75) is 33.4 Å². The molecule has 0 fully saturated rings. The molecule has 1 amide bonds. The van der Waals surface area contributed by atoms with Gasteiger partial charge in [0.15, 0.2) is 0 Å². The second-order valence-electron chi connectivity index (χ2n) is 5.82. The summed E-state index contributed by atoms with van der Waals surface area (Å²) in [4.78, 5) is 13.7. The van der Waals surface area contributed by atoms with Crippen LogP contribution in [0, 0.1) is 19.7 Å². The summed E-state index contributed by atoms with van der Waals surface area (Å²) in [6.45, 7) is 6.15. The van der Waals surface area contributed by atoms with Gasteiger partial charge in [0.2, 0.25) is 5.91 Å². The van der Waals surface area contributed by atoms with E-state index in [0.717, 1.165) is 22.6 Å². The van der Waals surface area contributed by atoms with Crippen LogP contribution >= 0.6 is 0 Å². The van der Waals surface area contributed by atoms with Crippen LogP contribution in [0.2, 0.25) is 0 Å². The lowest BCUT2D eigenvalue weighted by Gasteiger charge is -2.24. The van der Waals surface area contributed by atoms with Crippen molar-refractivity contribution in [3.63, 3.8) is 0 Å². The van der Waals surface area contributed by atoms with Crippen molar-refractivity contribution in [1.82, 2.24) is 20.0 Å². The highest BCUT2D eigenvalue weighted by atomic mass is 19.1. The minimum atomic E-state index is -0.309. The highest BCUT2D eigenvalue weighted by Crippen LogP contribution is 2.20. The zero-order valence-corrected chi connectivity index (χ0v) is 14.2. The van der Waals surface area contributed by atoms with Crippen molar-refractivity contribution < 1.29 is 9.18 Å². The minimum absolute atomic E-state index is 0.0726. The second kappa shape index (κ2) is 6.91. The van der Waals surface area contributed by atoms with E-state index < -0.39 is 0 Å². The Balaban J connectivity index is 2.36. The molecular weight excluding hydrogens is 295 g/mol. The third kappa shape index (κ3) is 3.76. The van der Waals surface area contributed by atoms with E-state index in [1.165, 1.54) is 12.1 Å². The molecule has 5 nitrogen and oxygen atoms in total. The number of benzene rings is 1. The molecule has 0 aliphatic heterocycles. The molecule has 2 rings (SSSR count). The molecule has 1 N–H and O–H groups in total. The van der Waals surface area contributed by atoms with Crippen LogP contribution in [0.4, 0.5) is 4.39 Å². The molecule has 0 radical (unpaired) electrons. The van der Waals surface area contributed by atoms with Crippen LogP contribution in [0.1, 0.15) is 23.9 Å². The van der Waals surface area contributed by atoms with Crippen molar-refractivity contribution in [3.8, 4) is 5.69 Å².